The van der Waals surface area contributed by atoms with E-state index in [1.54, 1.807) is 7.05 Å². The summed E-state index contributed by atoms with van der Waals surface area (Å²) in [4.78, 5) is 8.09. The number of nitrogens with zero attached hydrogens (tertiary/aromatic N) is 2. The fourth-order valence-corrected chi connectivity index (χ4v) is 1.01. The molecule has 0 amide bonds. The van der Waals surface area contributed by atoms with E-state index in [-0.39, 0.29) is 0 Å². The van der Waals surface area contributed by atoms with Crippen LogP contribution >= 0.6 is 0 Å². The monoisotopic (exact) mass is 178 g/mol. The van der Waals surface area contributed by atoms with Crippen LogP contribution in [0.2, 0.25) is 0 Å². The number of pyridine rings is 1. The first-order valence-corrected chi connectivity index (χ1v) is 4.07. The van der Waals surface area contributed by atoms with E-state index in [9.17, 15) is 0 Å². The quantitative estimate of drug-likeness (QED) is 0.499. The number of anilines is 1. The lowest BCUT2D eigenvalue weighted by molar-refractivity contribution is 1.12. The Labute approximate surface area is 77.9 Å². The van der Waals surface area contributed by atoms with Gasteiger partial charge in [0, 0.05) is 12.7 Å². The molecule has 3 N–H and O–H groups in total. The van der Waals surface area contributed by atoms with Crippen LogP contribution in [-0.2, 0) is 0 Å². The number of nitrogens with two attached hydrogens (primary N) is 1. The highest BCUT2D eigenvalue weighted by atomic mass is 15.1. The third-order valence-electron chi connectivity index (χ3n) is 1.73. The summed E-state index contributed by atoms with van der Waals surface area (Å²) >= 11 is 0. The molecule has 0 fully saturated rings. The van der Waals surface area contributed by atoms with Crippen LogP contribution in [0.4, 0.5) is 5.69 Å². The van der Waals surface area contributed by atoms with Gasteiger partial charge in [0.15, 0.2) is 5.96 Å². The zero-order valence-corrected chi connectivity index (χ0v) is 8.13. The van der Waals surface area contributed by atoms with Crippen LogP contribution in [0.5, 0.6) is 0 Å². The van der Waals surface area contributed by atoms with E-state index >= 15 is 0 Å². The molecule has 1 rings (SSSR count). The Hall–Kier alpha value is -1.58. The van der Waals surface area contributed by atoms with Gasteiger partial charge in [-0.15, -0.1) is 0 Å². The van der Waals surface area contributed by atoms with Crippen molar-refractivity contribution in [3.63, 3.8) is 0 Å². The number of aryl methyl sites for hydroxylation is 2. The fraction of sp³-hybridized carbons (Fsp3) is 0.333. The maximum Gasteiger partial charge on any atom is 0.192 e. The molecule has 0 atom stereocenters. The van der Waals surface area contributed by atoms with Crippen molar-refractivity contribution >= 4 is 11.6 Å². The molecule has 70 valence electrons. The normalized spacial score (nSPS) is 11.5. The topological polar surface area (TPSA) is 63.3 Å². The van der Waals surface area contributed by atoms with Gasteiger partial charge in [-0.25, -0.2) is 0 Å². The zero-order valence-electron chi connectivity index (χ0n) is 8.13. The molecular weight excluding hydrogens is 164 g/mol. The maximum absolute atomic E-state index is 5.52. The molecule has 0 spiro atoms. The lowest BCUT2D eigenvalue weighted by Crippen LogP contribution is -2.22. The van der Waals surface area contributed by atoms with E-state index in [0.717, 1.165) is 17.1 Å². The molecule has 0 unspecified atom stereocenters. The van der Waals surface area contributed by atoms with Crippen LogP contribution in [0.1, 0.15) is 11.4 Å². The predicted octanol–water partition coefficient (Wildman–Crippen LogP) is 1.05. The molecule has 1 heterocycles. The molecule has 0 aliphatic heterocycles. The minimum atomic E-state index is 0.397. The lowest BCUT2D eigenvalue weighted by Gasteiger charge is -2.07. The van der Waals surface area contributed by atoms with Crippen molar-refractivity contribution in [3.8, 4) is 0 Å². The van der Waals surface area contributed by atoms with Gasteiger partial charge in [0.2, 0.25) is 0 Å². The summed E-state index contributed by atoms with van der Waals surface area (Å²) in [5.41, 5.74) is 8.34. The Bertz CT molecular complexity index is 330. The molecule has 0 aliphatic rings. The Morgan fingerprint density at radius 3 is 2.69 bits per heavy atom. The van der Waals surface area contributed by atoms with Crippen molar-refractivity contribution < 1.29 is 0 Å². The van der Waals surface area contributed by atoms with E-state index < -0.39 is 0 Å². The van der Waals surface area contributed by atoms with Gasteiger partial charge in [-0.1, -0.05) is 0 Å². The Morgan fingerprint density at radius 1 is 1.46 bits per heavy atom. The van der Waals surface area contributed by atoms with Crippen molar-refractivity contribution in [1.29, 1.82) is 0 Å². The van der Waals surface area contributed by atoms with Crippen molar-refractivity contribution in [2.75, 3.05) is 12.4 Å². The summed E-state index contributed by atoms with van der Waals surface area (Å²) in [6.07, 6.45) is 0. The van der Waals surface area contributed by atoms with Crippen molar-refractivity contribution in [2.45, 2.75) is 13.8 Å². The van der Waals surface area contributed by atoms with E-state index in [1.807, 2.05) is 26.0 Å². The second-order valence-corrected chi connectivity index (χ2v) is 2.82. The number of hydrogen-bond donors (Lipinski definition) is 2. The van der Waals surface area contributed by atoms with Gasteiger partial charge >= 0.3 is 0 Å². The van der Waals surface area contributed by atoms with Crippen molar-refractivity contribution in [1.82, 2.24) is 4.98 Å². The van der Waals surface area contributed by atoms with Gasteiger partial charge in [-0.3, -0.25) is 9.98 Å². The first kappa shape index (κ1) is 9.51. The third kappa shape index (κ3) is 2.43. The summed E-state index contributed by atoms with van der Waals surface area (Å²) in [7, 11) is 1.64. The number of aromatic nitrogens is 1. The van der Waals surface area contributed by atoms with Gasteiger partial charge in [-0.05, 0) is 26.0 Å². The minimum Gasteiger partial charge on any atom is -0.370 e. The maximum atomic E-state index is 5.52. The average molecular weight is 178 g/mol. The van der Waals surface area contributed by atoms with Crippen LogP contribution in [0.25, 0.3) is 0 Å². The van der Waals surface area contributed by atoms with Gasteiger partial charge in [0.05, 0.1) is 11.4 Å². The first-order chi connectivity index (χ1) is 6.13. The van der Waals surface area contributed by atoms with Gasteiger partial charge < -0.3 is 11.1 Å². The summed E-state index contributed by atoms with van der Waals surface area (Å²) in [5, 5.41) is 2.95. The molecule has 1 aromatic heterocycles. The zero-order chi connectivity index (χ0) is 9.84. The number of guanidine groups is 1. The minimum absolute atomic E-state index is 0.397. The second-order valence-electron chi connectivity index (χ2n) is 2.82. The lowest BCUT2D eigenvalue weighted by atomic mass is 10.3. The molecule has 0 saturated heterocycles. The van der Waals surface area contributed by atoms with Crippen LogP contribution in [-0.4, -0.2) is 18.0 Å². The Kier molecular flexibility index (Phi) is 2.84. The van der Waals surface area contributed by atoms with E-state index in [1.165, 1.54) is 0 Å². The van der Waals surface area contributed by atoms with E-state index in [4.69, 9.17) is 5.73 Å². The summed E-state index contributed by atoms with van der Waals surface area (Å²) in [6.45, 7) is 3.88. The van der Waals surface area contributed by atoms with Crippen LogP contribution < -0.4 is 11.1 Å². The standard InChI is InChI=1S/C9H14N4/c1-6-4-5-8(7(2)12-6)13-9(10)11-3/h4-5H,1-3H3,(H3,10,11,13). The summed E-state index contributed by atoms with van der Waals surface area (Å²) < 4.78 is 0. The molecule has 0 aliphatic carbocycles. The molecule has 0 saturated carbocycles. The second kappa shape index (κ2) is 3.89. The highest BCUT2D eigenvalue weighted by Crippen LogP contribution is 2.11. The van der Waals surface area contributed by atoms with Crippen LogP contribution in [0.3, 0.4) is 0 Å². The van der Waals surface area contributed by atoms with Gasteiger partial charge in [0.25, 0.3) is 0 Å². The van der Waals surface area contributed by atoms with Crippen LogP contribution in [0.15, 0.2) is 17.1 Å². The largest absolute Gasteiger partial charge is 0.370 e. The number of rotatable bonds is 1. The number of hydrogen-bond acceptors (Lipinski definition) is 2. The SMILES string of the molecule is CN=C(N)Nc1ccc(C)nc1C. The van der Waals surface area contributed by atoms with E-state index in [2.05, 4.69) is 15.3 Å². The number of aliphatic imine (C=N–C) groups is 1. The smallest absolute Gasteiger partial charge is 0.192 e. The molecular formula is C9H14N4. The fourth-order valence-electron chi connectivity index (χ4n) is 1.01. The third-order valence-corrected chi connectivity index (χ3v) is 1.73. The molecule has 4 heteroatoms. The van der Waals surface area contributed by atoms with Gasteiger partial charge in [-0.2, -0.15) is 0 Å². The Morgan fingerprint density at radius 2 is 2.15 bits per heavy atom. The molecule has 13 heavy (non-hydrogen) atoms. The predicted molar refractivity (Wildman–Crippen MR) is 54.9 cm³/mol. The highest BCUT2D eigenvalue weighted by molar-refractivity contribution is 5.92. The molecule has 0 bridgehead atoms. The molecule has 0 radical (unpaired) electrons. The molecule has 4 nitrogen and oxygen atoms in total. The van der Waals surface area contributed by atoms with Crippen molar-refractivity contribution in [3.05, 3.63) is 23.5 Å². The highest BCUT2D eigenvalue weighted by Gasteiger charge is 1.99. The summed E-state index contributed by atoms with van der Waals surface area (Å²) in [5.74, 6) is 0.397. The Balaban J connectivity index is 2.90. The van der Waals surface area contributed by atoms with Gasteiger partial charge in [0.1, 0.15) is 0 Å². The summed E-state index contributed by atoms with van der Waals surface area (Å²) in [6, 6.07) is 3.87. The number of nitrogens with one attached hydrogen (secondary N) is 1. The van der Waals surface area contributed by atoms with E-state index in [0.29, 0.717) is 5.96 Å². The average Bonchev–Trinajstić information content (AvgIpc) is 2.09. The van der Waals surface area contributed by atoms with Crippen molar-refractivity contribution in [2.24, 2.45) is 10.7 Å². The molecule has 0 aromatic carbocycles. The first-order valence-electron chi connectivity index (χ1n) is 4.07. The van der Waals surface area contributed by atoms with Crippen LogP contribution in [0, 0.1) is 13.8 Å². The molecule has 1 aromatic rings.